The SMILES string of the molecule is CC(C)CCCc1c2cc3ccccc3cc2c(CCCC(C)C)c2cc3ccccc3cc12. The van der Waals surface area contributed by atoms with Gasteiger partial charge < -0.3 is 0 Å². The van der Waals surface area contributed by atoms with Gasteiger partial charge >= 0.3 is 0 Å². The first-order chi connectivity index (χ1) is 16.5. The number of fused-ring (bicyclic) bond motifs is 4. The maximum atomic E-state index is 2.48. The fraction of sp³-hybridized carbons (Fsp3) is 0.353. The molecule has 0 spiro atoms. The highest BCUT2D eigenvalue weighted by atomic mass is 14.2. The molecule has 0 saturated heterocycles. The normalized spacial score (nSPS) is 12.2. The zero-order valence-corrected chi connectivity index (χ0v) is 21.3. The second-order valence-corrected chi connectivity index (χ2v) is 11.0. The van der Waals surface area contributed by atoms with E-state index >= 15 is 0 Å². The smallest absolute Gasteiger partial charge is 0.0136 e. The highest BCUT2D eigenvalue weighted by Crippen LogP contribution is 2.39. The van der Waals surface area contributed by atoms with Crippen LogP contribution in [0.4, 0.5) is 0 Å². The molecule has 0 radical (unpaired) electrons. The molecule has 0 nitrogen and oxygen atoms in total. The van der Waals surface area contributed by atoms with Crippen LogP contribution in [0.5, 0.6) is 0 Å². The average molecular weight is 447 g/mol. The molecule has 5 rings (SSSR count). The van der Waals surface area contributed by atoms with E-state index in [1.807, 2.05) is 0 Å². The molecule has 0 aliphatic rings. The summed E-state index contributed by atoms with van der Waals surface area (Å²) >= 11 is 0. The maximum Gasteiger partial charge on any atom is -0.0136 e. The Kier molecular flexibility index (Phi) is 6.59. The zero-order chi connectivity index (χ0) is 23.7. The van der Waals surface area contributed by atoms with Crippen molar-refractivity contribution in [2.45, 2.75) is 66.2 Å². The van der Waals surface area contributed by atoms with Crippen LogP contribution in [0, 0.1) is 11.8 Å². The van der Waals surface area contributed by atoms with Gasteiger partial charge in [-0.25, -0.2) is 0 Å². The first-order valence-corrected chi connectivity index (χ1v) is 13.3. The van der Waals surface area contributed by atoms with Crippen molar-refractivity contribution in [3.05, 3.63) is 83.9 Å². The lowest BCUT2D eigenvalue weighted by molar-refractivity contribution is 0.556. The summed E-state index contributed by atoms with van der Waals surface area (Å²) in [6.45, 7) is 9.37. The van der Waals surface area contributed by atoms with Crippen molar-refractivity contribution in [2.75, 3.05) is 0 Å². The van der Waals surface area contributed by atoms with Crippen molar-refractivity contribution in [3.8, 4) is 0 Å². The fourth-order valence-electron chi connectivity index (χ4n) is 5.68. The number of aryl methyl sites for hydroxylation is 2. The summed E-state index contributed by atoms with van der Waals surface area (Å²) < 4.78 is 0. The number of rotatable bonds is 8. The van der Waals surface area contributed by atoms with Crippen molar-refractivity contribution < 1.29 is 0 Å². The first-order valence-electron chi connectivity index (χ1n) is 13.3. The third kappa shape index (κ3) is 4.56. The molecule has 0 fully saturated rings. The minimum Gasteiger partial charge on any atom is -0.0628 e. The third-order valence-electron chi connectivity index (χ3n) is 7.49. The molecule has 0 amide bonds. The molecule has 0 N–H and O–H groups in total. The summed E-state index contributed by atoms with van der Waals surface area (Å²) in [5, 5.41) is 11.3. The van der Waals surface area contributed by atoms with E-state index in [4.69, 9.17) is 0 Å². The highest BCUT2D eigenvalue weighted by molar-refractivity contribution is 6.13. The minimum absolute atomic E-state index is 0.745. The van der Waals surface area contributed by atoms with Crippen LogP contribution >= 0.6 is 0 Å². The topological polar surface area (TPSA) is 0 Å². The Morgan fingerprint density at radius 1 is 0.471 bits per heavy atom. The Labute approximate surface area is 205 Å². The van der Waals surface area contributed by atoms with Gasteiger partial charge in [-0.2, -0.15) is 0 Å². The van der Waals surface area contributed by atoms with E-state index in [0.717, 1.165) is 24.7 Å². The average Bonchev–Trinajstić information content (AvgIpc) is 2.82. The molecular weight excluding hydrogens is 408 g/mol. The van der Waals surface area contributed by atoms with E-state index in [1.165, 1.54) is 68.8 Å². The van der Waals surface area contributed by atoms with E-state index < -0.39 is 0 Å². The molecule has 5 aromatic carbocycles. The molecule has 0 unspecified atom stereocenters. The molecule has 5 aromatic rings. The predicted octanol–water partition coefficient (Wildman–Crippen LogP) is 10.3. The van der Waals surface area contributed by atoms with Crippen molar-refractivity contribution in [2.24, 2.45) is 11.8 Å². The Balaban J connectivity index is 1.82. The van der Waals surface area contributed by atoms with Gasteiger partial charge in [-0.05, 0) is 116 Å². The summed E-state index contributed by atoms with van der Waals surface area (Å²) in [4.78, 5) is 0. The molecule has 0 bridgehead atoms. The van der Waals surface area contributed by atoms with Gasteiger partial charge in [0, 0.05) is 0 Å². The van der Waals surface area contributed by atoms with Gasteiger partial charge in [-0.1, -0.05) is 89.1 Å². The fourth-order valence-corrected chi connectivity index (χ4v) is 5.68. The molecule has 0 heteroatoms. The Bertz CT molecular complexity index is 1240. The molecule has 0 atom stereocenters. The van der Waals surface area contributed by atoms with Crippen LogP contribution < -0.4 is 0 Å². The minimum atomic E-state index is 0.745. The second-order valence-electron chi connectivity index (χ2n) is 11.0. The monoisotopic (exact) mass is 446 g/mol. The Morgan fingerprint density at radius 2 is 0.765 bits per heavy atom. The van der Waals surface area contributed by atoms with Crippen LogP contribution in [0.3, 0.4) is 0 Å². The highest BCUT2D eigenvalue weighted by Gasteiger charge is 2.16. The zero-order valence-electron chi connectivity index (χ0n) is 21.3. The van der Waals surface area contributed by atoms with Crippen LogP contribution in [0.1, 0.15) is 64.5 Å². The molecule has 0 heterocycles. The Morgan fingerprint density at radius 3 is 1.03 bits per heavy atom. The van der Waals surface area contributed by atoms with Crippen molar-refractivity contribution in [1.82, 2.24) is 0 Å². The number of hydrogen-bond donors (Lipinski definition) is 0. The van der Waals surface area contributed by atoms with Crippen molar-refractivity contribution >= 4 is 43.1 Å². The van der Waals surface area contributed by atoms with Crippen LogP contribution in [-0.2, 0) is 12.8 Å². The van der Waals surface area contributed by atoms with Gasteiger partial charge in [0.15, 0.2) is 0 Å². The van der Waals surface area contributed by atoms with Gasteiger partial charge in [-0.3, -0.25) is 0 Å². The van der Waals surface area contributed by atoms with Gasteiger partial charge in [0.2, 0.25) is 0 Å². The van der Waals surface area contributed by atoms with Crippen LogP contribution in [0.15, 0.2) is 72.8 Å². The number of hydrogen-bond acceptors (Lipinski definition) is 0. The van der Waals surface area contributed by atoms with Crippen molar-refractivity contribution in [1.29, 1.82) is 0 Å². The van der Waals surface area contributed by atoms with E-state index in [0.29, 0.717) is 0 Å². The molecule has 34 heavy (non-hydrogen) atoms. The van der Waals surface area contributed by atoms with E-state index in [2.05, 4.69) is 100 Å². The van der Waals surface area contributed by atoms with Gasteiger partial charge in [-0.15, -0.1) is 0 Å². The lowest BCUT2D eigenvalue weighted by atomic mass is 9.85. The lowest BCUT2D eigenvalue weighted by Crippen LogP contribution is -1.99. The molecule has 0 aliphatic carbocycles. The summed E-state index contributed by atoms with van der Waals surface area (Å²) in [7, 11) is 0. The standard InChI is InChI=1S/C34H38/c1-23(2)11-9-17-29-31-19-25-13-5-7-15-27(25)21-33(31)30(18-10-12-24(3)4)34-22-28-16-8-6-14-26(28)20-32(29)34/h5-8,13-16,19-24H,9-12,17-18H2,1-4H3. The van der Waals surface area contributed by atoms with E-state index in [9.17, 15) is 0 Å². The molecule has 0 aliphatic heterocycles. The summed E-state index contributed by atoms with van der Waals surface area (Å²) in [6, 6.07) is 27.7. The summed E-state index contributed by atoms with van der Waals surface area (Å²) in [6.07, 6.45) is 7.34. The molecule has 0 saturated carbocycles. The lowest BCUT2D eigenvalue weighted by Gasteiger charge is -2.19. The molecular formula is C34H38. The van der Waals surface area contributed by atoms with E-state index in [1.54, 1.807) is 11.1 Å². The quantitative estimate of drug-likeness (QED) is 0.208. The summed E-state index contributed by atoms with van der Waals surface area (Å²) in [5.74, 6) is 1.49. The van der Waals surface area contributed by atoms with Gasteiger partial charge in [0.1, 0.15) is 0 Å². The van der Waals surface area contributed by atoms with E-state index in [-0.39, 0.29) is 0 Å². The van der Waals surface area contributed by atoms with Crippen LogP contribution in [-0.4, -0.2) is 0 Å². The molecule has 174 valence electrons. The number of benzene rings is 5. The molecule has 0 aromatic heterocycles. The van der Waals surface area contributed by atoms with Gasteiger partial charge in [0.25, 0.3) is 0 Å². The first kappa shape index (κ1) is 22.9. The third-order valence-corrected chi connectivity index (χ3v) is 7.49. The van der Waals surface area contributed by atoms with Crippen LogP contribution in [0.2, 0.25) is 0 Å². The second kappa shape index (κ2) is 9.79. The largest absolute Gasteiger partial charge is 0.0628 e. The van der Waals surface area contributed by atoms with Crippen molar-refractivity contribution in [3.63, 3.8) is 0 Å². The predicted molar refractivity (Wildman–Crippen MR) is 152 cm³/mol. The summed E-state index contributed by atoms with van der Waals surface area (Å²) in [5.41, 5.74) is 3.10. The maximum absolute atomic E-state index is 2.48. The Hall–Kier alpha value is -2.86. The van der Waals surface area contributed by atoms with Gasteiger partial charge in [0.05, 0.1) is 0 Å². The van der Waals surface area contributed by atoms with Crippen LogP contribution in [0.25, 0.3) is 43.1 Å².